The molecule has 1 aliphatic rings. The fourth-order valence-corrected chi connectivity index (χ4v) is 2.25. The second kappa shape index (κ2) is 5.40. The number of hydrogen-bond acceptors (Lipinski definition) is 4. The van der Waals surface area contributed by atoms with Crippen molar-refractivity contribution in [1.29, 1.82) is 0 Å². The van der Waals surface area contributed by atoms with Gasteiger partial charge in [-0.2, -0.15) is 0 Å². The summed E-state index contributed by atoms with van der Waals surface area (Å²) in [5.41, 5.74) is 8.15. The Morgan fingerprint density at radius 1 is 1.33 bits per heavy atom. The van der Waals surface area contributed by atoms with E-state index in [1.165, 1.54) is 0 Å². The number of nitrogens with two attached hydrogens (primary N) is 1. The molecule has 1 aromatic rings. The number of ether oxygens (including phenoxy) is 1. The number of nitrogens with zero attached hydrogens (tertiary/aromatic N) is 1. The Morgan fingerprint density at radius 2 is 2.11 bits per heavy atom. The average molecular weight is 248 g/mol. The number of carbonyl (C=O) groups excluding carboxylic acids is 1. The van der Waals surface area contributed by atoms with Crippen LogP contribution in [0.15, 0.2) is 12.1 Å². The normalized spacial score (nSPS) is 14.7. The topological polar surface area (TPSA) is 55.6 Å². The molecule has 0 radical (unpaired) electrons. The maximum atomic E-state index is 11.9. The Kier molecular flexibility index (Phi) is 3.87. The molecule has 98 valence electrons. The molecular formula is C14H20N2O2. The molecule has 4 nitrogen and oxygen atoms in total. The van der Waals surface area contributed by atoms with E-state index in [2.05, 4.69) is 4.90 Å². The number of carbonyl (C=O) groups is 1. The van der Waals surface area contributed by atoms with E-state index in [1.54, 1.807) is 6.07 Å². The van der Waals surface area contributed by atoms with Crippen LogP contribution < -0.4 is 10.5 Å². The van der Waals surface area contributed by atoms with Crippen LogP contribution in [0.4, 0.5) is 5.69 Å². The molecule has 0 spiro atoms. The molecule has 0 aromatic heterocycles. The van der Waals surface area contributed by atoms with Gasteiger partial charge < -0.3 is 15.4 Å². The number of Topliss-reactive ketones (excluding diaryl/α,β-unsaturated/α-hetero) is 1. The number of nitrogen functional groups attached to an aromatic ring is 1. The number of ketones is 1. The highest BCUT2D eigenvalue weighted by atomic mass is 16.5. The van der Waals surface area contributed by atoms with Gasteiger partial charge in [-0.25, -0.2) is 0 Å². The average Bonchev–Trinajstić information content (AvgIpc) is 2.32. The Balaban J connectivity index is 2.21. The van der Waals surface area contributed by atoms with Crippen LogP contribution in [0, 0.1) is 0 Å². The van der Waals surface area contributed by atoms with Crippen molar-refractivity contribution in [1.82, 2.24) is 4.90 Å². The maximum absolute atomic E-state index is 11.9. The second-order valence-electron chi connectivity index (χ2n) is 4.93. The van der Waals surface area contributed by atoms with Gasteiger partial charge in [0.05, 0.1) is 0 Å². The Bertz CT molecular complexity index is 455. The molecule has 0 aliphatic heterocycles. The summed E-state index contributed by atoms with van der Waals surface area (Å²) in [6.45, 7) is 1.48. The molecule has 0 saturated heterocycles. The lowest BCUT2D eigenvalue weighted by molar-refractivity contribution is 0.0972. The monoisotopic (exact) mass is 248 g/mol. The third kappa shape index (κ3) is 2.64. The summed E-state index contributed by atoms with van der Waals surface area (Å²) in [5, 5.41) is 0. The summed E-state index contributed by atoms with van der Waals surface area (Å²) < 4.78 is 5.77. The van der Waals surface area contributed by atoms with Crippen molar-refractivity contribution in [2.75, 3.05) is 33.0 Å². The van der Waals surface area contributed by atoms with Crippen LogP contribution in [0.2, 0.25) is 0 Å². The summed E-state index contributed by atoms with van der Waals surface area (Å²) in [6.07, 6.45) is 2.36. The Morgan fingerprint density at radius 3 is 2.83 bits per heavy atom. The van der Waals surface area contributed by atoms with Crippen LogP contribution >= 0.6 is 0 Å². The van der Waals surface area contributed by atoms with Crippen LogP contribution in [-0.4, -0.2) is 37.9 Å². The molecule has 0 saturated carbocycles. The van der Waals surface area contributed by atoms with Gasteiger partial charge in [-0.3, -0.25) is 4.79 Å². The van der Waals surface area contributed by atoms with Gasteiger partial charge >= 0.3 is 0 Å². The summed E-state index contributed by atoms with van der Waals surface area (Å²) in [4.78, 5) is 14.0. The third-order valence-electron chi connectivity index (χ3n) is 3.21. The van der Waals surface area contributed by atoms with E-state index < -0.39 is 0 Å². The molecule has 0 fully saturated rings. The van der Waals surface area contributed by atoms with Crippen LogP contribution in [-0.2, 0) is 6.42 Å². The molecule has 0 heterocycles. The van der Waals surface area contributed by atoms with Crippen molar-refractivity contribution in [3.8, 4) is 5.75 Å². The Hall–Kier alpha value is -1.55. The highest BCUT2D eigenvalue weighted by Crippen LogP contribution is 2.33. The van der Waals surface area contributed by atoms with Crippen LogP contribution in [0.5, 0.6) is 5.75 Å². The molecular weight excluding hydrogens is 228 g/mol. The fraction of sp³-hybridized carbons (Fsp3) is 0.500. The minimum Gasteiger partial charge on any atom is -0.492 e. The third-order valence-corrected chi connectivity index (χ3v) is 3.21. The van der Waals surface area contributed by atoms with E-state index in [9.17, 15) is 4.79 Å². The standard InChI is InChI=1S/C14H20N2O2/c1-16(2)8-9-18-13-7-6-11(15)14-10(13)4-3-5-12(14)17/h6-7H,3-5,8-9,15H2,1-2H3. The first-order valence-electron chi connectivity index (χ1n) is 6.31. The highest BCUT2D eigenvalue weighted by Gasteiger charge is 2.23. The van der Waals surface area contributed by atoms with Gasteiger partial charge in [-0.1, -0.05) is 0 Å². The first-order chi connectivity index (χ1) is 8.59. The number of rotatable bonds is 4. The van der Waals surface area contributed by atoms with Crippen molar-refractivity contribution in [3.05, 3.63) is 23.3 Å². The SMILES string of the molecule is CN(C)CCOc1ccc(N)c2c1CCCC2=O. The van der Waals surface area contributed by atoms with Crippen molar-refractivity contribution in [2.24, 2.45) is 0 Å². The van der Waals surface area contributed by atoms with Gasteiger partial charge in [0.25, 0.3) is 0 Å². The number of benzene rings is 1. The van der Waals surface area contributed by atoms with E-state index >= 15 is 0 Å². The van der Waals surface area contributed by atoms with Gasteiger partial charge in [-0.15, -0.1) is 0 Å². The number of hydrogen-bond donors (Lipinski definition) is 1. The first-order valence-corrected chi connectivity index (χ1v) is 6.31. The van der Waals surface area contributed by atoms with Gasteiger partial charge in [0.1, 0.15) is 12.4 Å². The maximum Gasteiger partial charge on any atom is 0.165 e. The highest BCUT2D eigenvalue weighted by molar-refractivity contribution is 6.03. The summed E-state index contributed by atoms with van der Waals surface area (Å²) in [7, 11) is 4.01. The fourth-order valence-electron chi connectivity index (χ4n) is 2.25. The summed E-state index contributed by atoms with van der Waals surface area (Å²) in [5.74, 6) is 0.959. The van der Waals surface area contributed by atoms with Crippen LogP contribution in [0.25, 0.3) is 0 Å². The van der Waals surface area contributed by atoms with Gasteiger partial charge in [0.15, 0.2) is 5.78 Å². The molecule has 1 aromatic carbocycles. The summed E-state index contributed by atoms with van der Waals surface area (Å²) >= 11 is 0. The number of fused-ring (bicyclic) bond motifs is 1. The van der Waals surface area contributed by atoms with Crippen LogP contribution in [0.3, 0.4) is 0 Å². The number of anilines is 1. The molecule has 0 amide bonds. The first kappa shape index (κ1) is 12.9. The van der Waals surface area contributed by atoms with Crippen molar-refractivity contribution in [2.45, 2.75) is 19.3 Å². The predicted octanol–water partition coefficient (Wildman–Crippen LogP) is 1.73. The van der Waals surface area contributed by atoms with E-state index in [0.717, 1.165) is 30.7 Å². The molecule has 18 heavy (non-hydrogen) atoms. The second-order valence-corrected chi connectivity index (χ2v) is 4.93. The largest absolute Gasteiger partial charge is 0.492 e. The molecule has 1 aliphatic carbocycles. The van der Waals surface area contributed by atoms with Gasteiger partial charge in [0, 0.05) is 29.8 Å². The summed E-state index contributed by atoms with van der Waals surface area (Å²) in [6, 6.07) is 3.65. The zero-order valence-electron chi connectivity index (χ0n) is 11.0. The van der Waals surface area contributed by atoms with Gasteiger partial charge in [-0.05, 0) is 39.1 Å². The molecule has 0 atom stereocenters. The molecule has 2 rings (SSSR count). The zero-order chi connectivity index (χ0) is 13.1. The van der Waals surface area contributed by atoms with Gasteiger partial charge in [0.2, 0.25) is 0 Å². The molecule has 0 unspecified atom stereocenters. The van der Waals surface area contributed by atoms with E-state index in [4.69, 9.17) is 10.5 Å². The quantitative estimate of drug-likeness (QED) is 0.824. The molecule has 4 heteroatoms. The van der Waals surface area contributed by atoms with E-state index in [0.29, 0.717) is 24.3 Å². The van der Waals surface area contributed by atoms with Crippen molar-refractivity contribution in [3.63, 3.8) is 0 Å². The molecule has 2 N–H and O–H groups in total. The smallest absolute Gasteiger partial charge is 0.165 e. The lowest BCUT2D eigenvalue weighted by Crippen LogP contribution is -2.21. The van der Waals surface area contributed by atoms with Crippen LogP contribution in [0.1, 0.15) is 28.8 Å². The molecule has 0 bridgehead atoms. The number of likely N-dealkylation sites (N-methyl/N-ethyl adjacent to an activating group) is 1. The van der Waals surface area contributed by atoms with E-state index in [1.807, 2.05) is 20.2 Å². The van der Waals surface area contributed by atoms with Crippen molar-refractivity contribution < 1.29 is 9.53 Å². The minimum absolute atomic E-state index is 0.145. The van der Waals surface area contributed by atoms with E-state index in [-0.39, 0.29) is 5.78 Å². The minimum atomic E-state index is 0.145. The lowest BCUT2D eigenvalue weighted by Gasteiger charge is -2.21. The Labute approximate surface area is 108 Å². The van der Waals surface area contributed by atoms with Crippen molar-refractivity contribution >= 4 is 11.5 Å². The predicted molar refractivity (Wildman–Crippen MR) is 72.2 cm³/mol. The zero-order valence-corrected chi connectivity index (χ0v) is 11.0. The lowest BCUT2D eigenvalue weighted by atomic mass is 9.89.